The van der Waals surface area contributed by atoms with Gasteiger partial charge in [-0.05, 0) is 56.4 Å². The van der Waals surface area contributed by atoms with Gasteiger partial charge in [0.1, 0.15) is 0 Å². The Morgan fingerprint density at radius 1 is 1.17 bits per heavy atom. The first-order valence-corrected chi connectivity index (χ1v) is 7.36. The average molecular weight is 286 g/mol. The summed E-state index contributed by atoms with van der Waals surface area (Å²) in [5.41, 5.74) is 1.59. The summed E-state index contributed by atoms with van der Waals surface area (Å²) in [6.07, 6.45) is 2.28. The third-order valence-corrected chi connectivity index (χ3v) is 4.56. The van der Waals surface area contributed by atoms with Gasteiger partial charge in [0.25, 0.3) is 0 Å². The highest BCUT2D eigenvalue weighted by Crippen LogP contribution is 2.31. The third-order valence-electron chi connectivity index (χ3n) is 4.13. The molecule has 1 heterocycles. The van der Waals surface area contributed by atoms with Crippen LogP contribution >= 0.6 is 23.2 Å². The standard InChI is InChI=1S/C15H21Cl2N/c1-4-15(2,3)18-9-12(10-18)5-11-6-13(16)8-14(17)7-11/h6-8,12H,4-5,9-10H2,1-3H3. The highest BCUT2D eigenvalue weighted by Gasteiger charge is 2.35. The van der Waals surface area contributed by atoms with Crippen molar-refractivity contribution in [2.45, 2.75) is 39.2 Å². The van der Waals surface area contributed by atoms with E-state index in [9.17, 15) is 0 Å². The summed E-state index contributed by atoms with van der Waals surface area (Å²) < 4.78 is 0. The van der Waals surface area contributed by atoms with E-state index in [1.165, 1.54) is 25.1 Å². The van der Waals surface area contributed by atoms with E-state index >= 15 is 0 Å². The van der Waals surface area contributed by atoms with Crippen molar-refractivity contribution in [3.8, 4) is 0 Å². The normalized spacial score (nSPS) is 17.8. The molecule has 18 heavy (non-hydrogen) atoms. The molecular weight excluding hydrogens is 265 g/mol. The second kappa shape index (κ2) is 5.40. The lowest BCUT2D eigenvalue weighted by Gasteiger charge is -2.49. The molecule has 1 aliphatic rings. The summed E-state index contributed by atoms with van der Waals surface area (Å²) in [5.74, 6) is 0.741. The molecule has 1 aliphatic heterocycles. The van der Waals surface area contributed by atoms with Crippen molar-refractivity contribution in [1.29, 1.82) is 0 Å². The minimum absolute atomic E-state index is 0.336. The van der Waals surface area contributed by atoms with Crippen LogP contribution in [0.2, 0.25) is 10.0 Å². The topological polar surface area (TPSA) is 3.24 Å². The smallest absolute Gasteiger partial charge is 0.0423 e. The van der Waals surface area contributed by atoms with E-state index in [1.54, 1.807) is 6.07 Å². The molecule has 0 spiro atoms. The maximum absolute atomic E-state index is 6.02. The van der Waals surface area contributed by atoms with Crippen molar-refractivity contribution in [3.63, 3.8) is 0 Å². The molecule has 1 aromatic carbocycles. The first-order valence-electron chi connectivity index (χ1n) is 6.61. The highest BCUT2D eigenvalue weighted by atomic mass is 35.5. The number of rotatable bonds is 4. The Kier molecular flexibility index (Phi) is 4.25. The van der Waals surface area contributed by atoms with Crippen LogP contribution in [0.15, 0.2) is 18.2 Å². The minimum Gasteiger partial charge on any atom is -0.298 e. The predicted octanol–water partition coefficient (Wildman–Crippen LogP) is 4.66. The van der Waals surface area contributed by atoms with E-state index in [4.69, 9.17) is 23.2 Å². The zero-order valence-corrected chi connectivity index (χ0v) is 12.9. The van der Waals surface area contributed by atoms with Gasteiger partial charge >= 0.3 is 0 Å². The van der Waals surface area contributed by atoms with Crippen molar-refractivity contribution in [1.82, 2.24) is 4.90 Å². The predicted molar refractivity (Wildman–Crippen MR) is 79.6 cm³/mol. The van der Waals surface area contributed by atoms with Crippen molar-refractivity contribution in [3.05, 3.63) is 33.8 Å². The fraction of sp³-hybridized carbons (Fsp3) is 0.600. The zero-order valence-electron chi connectivity index (χ0n) is 11.3. The lowest BCUT2D eigenvalue weighted by Crippen LogP contribution is -2.57. The molecule has 0 bridgehead atoms. The van der Waals surface area contributed by atoms with Gasteiger partial charge in [-0.2, -0.15) is 0 Å². The molecule has 0 aliphatic carbocycles. The monoisotopic (exact) mass is 285 g/mol. The maximum Gasteiger partial charge on any atom is 0.0423 e. The zero-order chi connectivity index (χ0) is 13.3. The van der Waals surface area contributed by atoms with Gasteiger partial charge in [0.05, 0.1) is 0 Å². The molecule has 3 heteroatoms. The Morgan fingerprint density at radius 3 is 2.22 bits per heavy atom. The molecule has 0 aromatic heterocycles. The molecule has 1 nitrogen and oxygen atoms in total. The van der Waals surface area contributed by atoms with Crippen molar-refractivity contribution in [2.75, 3.05) is 13.1 Å². The number of benzene rings is 1. The van der Waals surface area contributed by atoms with Crippen LogP contribution < -0.4 is 0 Å². The summed E-state index contributed by atoms with van der Waals surface area (Å²) in [6, 6.07) is 5.85. The Hall–Kier alpha value is -0.240. The lowest BCUT2D eigenvalue weighted by molar-refractivity contribution is 0.00203. The molecule has 0 N–H and O–H groups in total. The molecule has 1 saturated heterocycles. The van der Waals surface area contributed by atoms with Crippen LogP contribution in [0.1, 0.15) is 32.8 Å². The Morgan fingerprint density at radius 2 is 1.72 bits per heavy atom. The van der Waals surface area contributed by atoms with Gasteiger partial charge in [-0.3, -0.25) is 4.90 Å². The summed E-state index contributed by atoms with van der Waals surface area (Å²) in [7, 11) is 0. The van der Waals surface area contributed by atoms with Gasteiger partial charge in [-0.15, -0.1) is 0 Å². The van der Waals surface area contributed by atoms with Gasteiger partial charge in [-0.1, -0.05) is 30.1 Å². The van der Waals surface area contributed by atoms with E-state index in [2.05, 4.69) is 25.7 Å². The van der Waals surface area contributed by atoms with Gasteiger partial charge in [0.2, 0.25) is 0 Å². The number of likely N-dealkylation sites (tertiary alicyclic amines) is 1. The second-order valence-corrected chi connectivity index (χ2v) is 6.79. The van der Waals surface area contributed by atoms with E-state index in [0.29, 0.717) is 5.54 Å². The van der Waals surface area contributed by atoms with E-state index in [1.807, 2.05) is 12.1 Å². The number of hydrogen-bond donors (Lipinski definition) is 0. The first kappa shape index (κ1) is 14.2. The lowest BCUT2D eigenvalue weighted by atomic mass is 9.86. The van der Waals surface area contributed by atoms with Gasteiger partial charge in [0.15, 0.2) is 0 Å². The minimum atomic E-state index is 0.336. The van der Waals surface area contributed by atoms with Gasteiger partial charge in [-0.25, -0.2) is 0 Å². The number of hydrogen-bond acceptors (Lipinski definition) is 1. The van der Waals surface area contributed by atoms with Crippen LogP contribution in [0.3, 0.4) is 0 Å². The quantitative estimate of drug-likeness (QED) is 0.778. The fourth-order valence-electron chi connectivity index (χ4n) is 2.48. The molecule has 0 unspecified atom stereocenters. The van der Waals surface area contributed by atoms with E-state index in [-0.39, 0.29) is 0 Å². The first-order chi connectivity index (χ1) is 8.40. The molecule has 1 aromatic rings. The summed E-state index contributed by atoms with van der Waals surface area (Å²) in [6.45, 7) is 9.26. The van der Waals surface area contributed by atoms with Gasteiger partial charge in [0, 0.05) is 28.7 Å². The largest absolute Gasteiger partial charge is 0.298 e. The van der Waals surface area contributed by atoms with E-state index in [0.717, 1.165) is 22.4 Å². The van der Waals surface area contributed by atoms with Gasteiger partial charge < -0.3 is 0 Å². The summed E-state index contributed by atoms with van der Waals surface area (Å²) in [5, 5.41) is 1.48. The molecule has 2 rings (SSSR count). The summed E-state index contributed by atoms with van der Waals surface area (Å²) in [4.78, 5) is 2.56. The Labute approximate surface area is 120 Å². The molecule has 1 fully saturated rings. The van der Waals surface area contributed by atoms with Crippen molar-refractivity contribution in [2.24, 2.45) is 5.92 Å². The third kappa shape index (κ3) is 3.20. The van der Waals surface area contributed by atoms with Crippen molar-refractivity contribution < 1.29 is 0 Å². The molecule has 0 atom stereocenters. The highest BCUT2D eigenvalue weighted by molar-refractivity contribution is 6.34. The van der Waals surface area contributed by atoms with Crippen LogP contribution in [-0.4, -0.2) is 23.5 Å². The van der Waals surface area contributed by atoms with Crippen molar-refractivity contribution >= 4 is 23.2 Å². The van der Waals surface area contributed by atoms with Crippen LogP contribution in [0.25, 0.3) is 0 Å². The Balaban J connectivity index is 1.90. The van der Waals surface area contributed by atoms with E-state index < -0.39 is 0 Å². The summed E-state index contributed by atoms with van der Waals surface area (Å²) >= 11 is 12.0. The number of halogens is 2. The van der Waals surface area contributed by atoms with Crippen LogP contribution in [0.5, 0.6) is 0 Å². The second-order valence-electron chi connectivity index (χ2n) is 5.92. The molecule has 0 radical (unpaired) electrons. The molecule has 100 valence electrons. The van der Waals surface area contributed by atoms with Crippen LogP contribution in [0.4, 0.5) is 0 Å². The SMILES string of the molecule is CCC(C)(C)N1CC(Cc2cc(Cl)cc(Cl)c2)C1. The van der Waals surface area contributed by atoms with Crippen LogP contribution in [-0.2, 0) is 6.42 Å². The number of nitrogens with zero attached hydrogens (tertiary/aromatic N) is 1. The Bertz CT molecular complexity index is 402. The molecule has 0 amide bonds. The maximum atomic E-state index is 6.02. The fourth-order valence-corrected chi connectivity index (χ4v) is 3.05. The molecule has 0 saturated carbocycles. The molecular formula is C15H21Cl2N. The average Bonchev–Trinajstić information content (AvgIpc) is 2.21. The van der Waals surface area contributed by atoms with Crippen LogP contribution in [0, 0.1) is 5.92 Å².